The van der Waals surface area contributed by atoms with Gasteiger partial charge in [-0.25, -0.2) is 0 Å². The van der Waals surface area contributed by atoms with Crippen LogP contribution in [-0.4, -0.2) is 38.4 Å². The molecule has 0 radical (unpaired) electrons. The first-order valence-electron chi connectivity index (χ1n) is 4.23. The maximum absolute atomic E-state index is 10.8. The average molecular weight is 212 g/mol. The van der Waals surface area contributed by atoms with Gasteiger partial charge in [-0.3, -0.25) is 9.78 Å². The minimum Gasteiger partial charge on any atom is -0.480 e. The molecule has 0 amide bonds. The molecule has 1 heterocycles. The van der Waals surface area contributed by atoms with Crippen molar-refractivity contribution in [2.45, 2.75) is 11.6 Å². The maximum Gasteiger partial charge on any atom is 0.329 e. The third-order valence-corrected chi connectivity index (χ3v) is 2.15. The second-order valence-electron chi connectivity index (χ2n) is 3.19. The number of nitrogens with zero attached hydrogens (tertiary/aromatic N) is 1. The third kappa shape index (κ3) is 2.12. The van der Waals surface area contributed by atoms with Gasteiger partial charge in [0.1, 0.15) is 6.10 Å². The first-order valence-corrected chi connectivity index (χ1v) is 4.23. The molecule has 6 heteroatoms. The highest BCUT2D eigenvalue weighted by atomic mass is 16.4. The van der Waals surface area contributed by atoms with Crippen LogP contribution in [-0.2, 0) is 4.79 Å². The molecule has 5 N–H and O–H groups in total. The van der Waals surface area contributed by atoms with Crippen molar-refractivity contribution in [3.63, 3.8) is 0 Å². The van der Waals surface area contributed by atoms with Crippen LogP contribution in [0, 0.1) is 0 Å². The monoisotopic (exact) mass is 212 g/mol. The van der Waals surface area contributed by atoms with Gasteiger partial charge < -0.3 is 21.1 Å². The summed E-state index contributed by atoms with van der Waals surface area (Å²) in [6.45, 7) is -0.863. The molecule has 1 aromatic rings. The smallest absolute Gasteiger partial charge is 0.329 e. The molecule has 2 atom stereocenters. The van der Waals surface area contributed by atoms with Crippen molar-refractivity contribution in [3.05, 3.63) is 30.1 Å². The Morgan fingerprint density at radius 2 is 2.33 bits per heavy atom. The van der Waals surface area contributed by atoms with Crippen LogP contribution in [0.15, 0.2) is 24.5 Å². The van der Waals surface area contributed by atoms with Crippen LogP contribution in [0.2, 0.25) is 0 Å². The highest BCUT2D eigenvalue weighted by Crippen LogP contribution is 2.23. The van der Waals surface area contributed by atoms with Crippen molar-refractivity contribution in [3.8, 4) is 0 Å². The number of carboxylic acid groups (broad SMARTS) is 1. The summed E-state index contributed by atoms with van der Waals surface area (Å²) in [5.41, 5.74) is 3.53. The van der Waals surface area contributed by atoms with Crippen LogP contribution in [0.1, 0.15) is 11.7 Å². The Morgan fingerprint density at radius 1 is 1.67 bits per heavy atom. The number of carboxylic acids is 1. The average Bonchev–Trinajstić information content (AvgIpc) is 2.28. The molecule has 0 spiro atoms. The number of pyridine rings is 1. The molecule has 15 heavy (non-hydrogen) atoms. The predicted molar refractivity (Wildman–Crippen MR) is 50.8 cm³/mol. The van der Waals surface area contributed by atoms with Gasteiger partial charge in [0.2, 0.25) is 0 Å². The van der Waals surface area contributed by atoms with E-state index in [0.717, 1.165) is 0 Å². The summed E-state index contributed by atoms with van der Waals surface area (Å²) < 4.78 is 0. The Balaban J connectivity index is 3.02. The maximum atomic E-state index is 10.8. The Hall–Kier alpha value is -1.50. The van der Waals surface area contributed by atoms with Crippen LogP contribution < -0.4 is 5.73 Å². The van der Waals surface area contributed by atoms with Gasteiger partial charge in [-0.2, -0.15) is 0 Å². The fraction of sp³-hybridized carbons (Fsp3) is 0.333. The standard InChI is InChI=1S/C9H12N2O4/c10-9(5-12,8(14)15)7(13)6-2-1-3-11-4-6/h1-4,7,12-13H,5,10H2,(H,14,15). The molecular weight excluding hydrogens is 200 g/mol. The topological polar surface area (TPSA) is 117 Å². The number of aliphatic hydroxyl groups is 2. The number of carbonyl (C=O) groups is 1. The number of nitrogens with two attached hydrogens (primary N) is 1. The number of hydrogen-bond donors (Lipinski definition) is 4. The zero-order valence-corrected chi connectivity index (χ0v) is 7.87. The molecule has 0 saturated heterocycles. The molecule has 0 aliphatic rings. The van der Waals surface area contributed by atoms with E-state index in [4.69, 9.17) is 15.9 Å². The first-order chi connectivity index (χ1) is 7.02. The largest absolute Gasteiger partial charge is 0.480 e. The van der Waals surface area contributed by atoms with E-state index in [2.05, 4.69) is 4.98 Å². The summed E-state index contributed by atoms with van der Waals surface area (Å²) in [6, 6.07) is 3.02. The number of rotatable bonds is 4. The van der Waals surface area contributed by atoms with Crippen LogP contribution in [0.3, 0.4) is 0 Å². The highest BCUT2D eigenvalue weighted by molar-refractivity contribution is 5.79. The van der Waals surface area contributed by atoms with E-state index >= 15 is 0 Å². The molecule has 0 fully saturated rings. The van der Waals surface area contributed by atoms with E-state index in [0.29, 0.717) is 0 Å². The quantitative estimate of drug-likeness (QED) is 0.502. The van der Waals surface area contributed by atoms with Gasteiger partial charge in [0.05, 0.1) is 6.61 Å². The fourth-order valence-corrected chi connectivity index (χ4v) is 1.11. The molecule has 82 valence electrons. The molecule has 1 aromatic heterocycles. The second kappa shape index (κ2) is 4.35. The van der Waals surface area contributed by atoms with Crippen molar-refractivity contribution in [2.75, 3.05) is 6.61 Å². The van der Waals surface area contributed by atoms with E-state index in [9.17, 15) is 9.90 Å². The van der Waals surface area contributed by atoms with Crippen molar-refractivity contribution in [1.29, 1.82) is 0 Å². The summed E-state index contributed by atoms with van der Waals surface area (Å²) in [5.74, 6) is -1.47. The van der Waals surface area contributed by atoms with Gasteiger partial charge in [0.25, 0.3) is 0 Å². The van der Waals surface area contributed by atoms with Crippen molar-refractivity contribution >= 4 is 5.97 Å². The van der Waals surface area contributed by atoms with Crippen molar-refractivity contribution in [1.82, 2.24) is 4.98 Å². The van der Waals surface area contributed by atoms with Crippen LogP contribution in [0.5, 0.6) is 0 Å². The molecule has 0 bridgehead atoms. The lowest BCUT2D eigenvalue weighted by atomic mass is 9.90. The molecule has 1 rings (SSSR count). The zero-order chi connectivity index (χ0) is 11.5. The lowest BCUT2D eigenvalue weighted by Gasteiger charge is -2.27. The minimum absolute atomic E-state index is 0.247. The van der Waals surface area contributed by atoms with Crippen LogP contribution in [0.25, 0.3) is 0 Å². The lowest BCUT2D eigenvalue weighted by molar-refractivity contribution is -0.150. The van der Waals surface area contributed by atoms with Gasteiger partial charge in [-0.05, 0) is 6.07 Å². The number of hydrogen-bond acceptors (Lipinski definition) is 5. The van der Waals surface area contributed by atoms with Crippen LogP contribution >= 0.6 is 0 Å². The van der Waals surface area contributed by atoms with Gasteiger partial charge in [0.15, 0.2) is 5.54 Å². The molecule has 6 nitrogen and oxygen atoms in total. The number of aliphatic carboxylic acids is 1. The Bertz CT molecular complexity index is 343. The fourth-order valence-electron chi connectivity index (χ4n) is 1.11. The lowest BCUT2D eigenvalue weighted by Crippen LogP contribution is -2.56. The molecule has 2 unspecified atom stereocenters. The predicted octanol–water partition coefficient (Wildman–Crippen LogP) is -1.11. The molecule has 0 aliphatic heterocycles. The number of aliphatic hydroxyl groups excluding tert-OH is 2. The Kier molecular flexibility index (Phi) is 3.35. The summed E-state index contributed by atoms with van der Waals surface area (Å²) in [6.07, 6.45) is 1.27. The first kappa shape index (κ1) is 11.6. The summed E-state index contributed by atoms with van der Waals surface area (Å²) in [5, 5.41) is 27.4. The van der Waals surface area contributed by atoms with E-state index < -0.39 is 24.2 Å². The SMILES string of the molecule is NC(CO)(C(=O)O)C(O)c1cccnc1. The van der Waals surface area contributed by atoms with Crippen molar-refractivity contribution in [2.24, 2.45) is 5.73 Å². The Labute approximate surface area is 86.0 Å². The van der Waals surface area contributed by atoms with Gasteiger partial charge in [-0.1, -0.05) is 6.07 Å². The second-order valence-corrected chi connectivity index (χ2v) is 3.19. The Morgan fingerprint density at radius 3 is 2.73 bits per heavy atom. The van der Waals surface area contributed by atoms with E-state index in [1.165, 1.54) is 24.5 Å². The molecular formula is C9H12N2O4. The van der Waals surface area contributed by atoms with Gasteiger partial charge >= 0.3 is 5.97 Å². The minimum atomic E-state index is -2.11. The zero-order valence-electron chi connectivity index (χ0n) is 7.87. The third-order valence-electron chi connectivity index (χ3n) is 2.15. The molecule has 0 aliphatic carbocycles. The summed E-state index contributed by atoms with van der Waals surface area (Å²) >= 11 is 0. The van der Waals surface area contributed by atoms with E-state index in [1.54, 1.807) is 0 Å². The van der Waals surface area contributed by atoms with Gasteiger partial charge in [0, 0.05) is 18.0 Å². The van der Waals surface area contributed by atoms with E-state index in [1.807, 2.05) is 0 Å². The van der Waals surface area contributed by atoms with Gasteiger partial charge in [-0.15, -0.1) is 0 Å². The van der Waals surface area contributed by atoms with E-state index in [-0.39, 0.29) is 5.56 Å². The summed E-state index contributed by atoms with van der Waals surface area (Å²) in [7, 11) is 0. The van der Waals surface area contributed by atoms with Crippen LogP contribution in [0.4, 0.5) is 0 Å². The summed E-state index contributed by atoms with van der Waals surface area (Å²) in [4.78, 5) is 14.5. The molecule has 0 saturated carbocycles. The normalized spacial score (nSPS) is 16.7. The van der Waals surface area contributed by atoms with Crippen molar-refractivity contribution < 1.29 is 20.1 Å². The highest BCUT2D eigenvalue weighted by Gasteiger charge is 2.42. The number of aromatic nitrogens is 1. The molecule has 0 aromatic carbocycles.